The zero-order chi connectivity index (χ0) is 12.2. The number of nitrogens with one attached hydrogen (secondary N) is 1. The van der Waals surface area contributed by atoms with Gasteiger partial charge in [0.1, 0.15) is 5.82 Å². The van der Waals surface area contributed by atoms with Gasteiger partial charge < -0.3 is 5.32 Å². The van der Waals surface area contributed by atoms with Crippen molar-refractivity contribution in [2.75, 3.05) is 5.32 Å². The Kier molecular flexibility index (Phi) is 2.88. The van der Waals surface area contributed by atoms with E-state index >= 15 is 0 Å². The maximum atomic E-state index is 4.56. The highest BCUT2D eigenvalue weighted by molar-refractivity contribution is 5.80. The highest BCUT2D eigenvalue weighted by atomic mass is 15.0. The largest absolute Gasteiger partial charge is 0.366 e. The fourth-order valence-electron chi connectivity index (χ4n) is 1.86. The van der Waals surface area contributed by atoms with Gasteiger partial charge in [-0.3, -0.25) is 4.98 Å². The van der Waals surface area contributed by atoms with E-state index in [0.717, 1.165) is 23.3 Å². The minimum atomic E-state index is 0.758. The molecule has 1 N–H and O–H groups in total. The van der Waals surface area contributed by atoms with Crippen LogP contribution >= 0.6 is 0 Å². The molecule has 2 heterocycles. The number of hydrogen-bond acceptors (Lipinski definition) is 3. The van der Waals surface area contributed by atoms with Crippen LogP contribution in [0.1, 0.15) is 5.56 Å². The van der Waals surface area contributed by atoms with Crippen molar-refractivity contribution in [1.82, 2.24) is 9.97 Å². The van der Waals surface area contributed by atoms with Crippen LogP contribution in [0.25, 0.3) is 10.9 Å². The Morgan fingerprint density at radius 2 is 1.72 bits per heavy atom. The number of benzene rings is 1. The predicted molar refractivity (Wildman–Crippen MR) is 73.3 cm³/mol. The highest BCUT2D eigenvalue weighted by Gasteiger charge is 1.97. The molecule has 2 aromatic heterocycles. The molecule has 0 fully saturated rings. The standard InChI is InChI=1S/C15H13N3/c1-2-4-14-13(3-1)5-6-15(18-14)17-11-12-7-9-16-10-8-12/h1-10H,11H2,(H,17,18). The number of aromatic nitrogens is 2. The van der Waals surface area contributed by atoms with Crippen molar-refractivity contribution in [3.8, 4) is 0 Å². The summed E-state index contributed by atoms with van der Waals surface area (Å²) in [7, 11) is 0. The summed E-state index contributed by atoms with van der Waals surface area (Å²) in [6.45, 7) is 0.758. The summed E-state index contributed by atoms with van der Waals surface area (Å²) >= 11 is 0. The van der Waals surface area contributed by atoms with Gasteiger partial charge in [-0.1, -0.05) is 18.2 Å². The third-order valence-electron chi connectivity index (χ3n) is 2.82. The summed E-state index contributed by atoms with van der Waals surface area (Å²) in [6.07, 6.45) is 3.59. The zero-order valence-electron chi connectivity index (χ0n) is 9.88. The van der Waals surface area contributed by atoms with E-state index in [1.54, 1.807) is 12.4 Å². The van der Waals surface area contributed by atoms with Gasteiger partial charge in [-0.2, -0.15) is 0 Å². The van der Waals surface area contributed by atoms with Gasteiger partial charge in [0, 0.05) is 24.3 Å². The Morgan fingerprint density at radius 3 is 2.61 bits per heavy atom. The molecule has 0 unspecified atom stereocenters. The van der Waals surface area contributed by atoms with E-state index in [2.05, 4.69) is 27.4 Å². The van der Waals surface area contributed by atoms with Crippen molar-refractivity contribution in [3.05, 3.63) is 66.5 Å². The quantitative estimate of drug-likeness (QED) is 0.757. The van der Waals surface area contributed by atoms with E-state index < -0.39 is 0 Å². The van der Waals surface area contributed by atoms with Gasteiger partial charge in [-0.15, -0.1) is 0 Å². The summed E-state index contributed by atoms with van der Waals surface area (Å²) in [5.74, 6) is 0.894. The van der Waals surface area contributed by atoms with E-state index in [1.807, 2.05) is 36.4 Å². The maximum absolute atomic E-state index is 4.56. The number of rotatable bonds is 3. The molecule has 3 heteroatoms. The summed E-state index contributed by atoms with van der Waals surface area (Å²) in [5, 5.41) is 4.47. The van der Waals surface area contributed by atoms with Crippen LogP contribution in [0.2, 0.25) is 0 Å². The average molecular weight is 235 g/mol. The number of nitrogens with zero attached hydrogens (tertiary/aromatic N) is 2. The van der Waals surface area contributed by atoms with E-state index in [4.69, 9.17) is 0 Å². The second-order valence-corrected chi connectivity index (χ2v) is 4.10. The van der Waals surface area contributed by atoms with E-state index in [9.17, 15) is 0 Å². The molecule has 0 aliphatic carbocycles. The van der Waals surface area contributed by atoms with E-state index in [0.29, 0.717) is 0 Å². The molecule has 0 radical (unpaired) electrons. The third-order valence-corrected chi connectivity index (χ3v) is 2.82. The normalized spacial score (nSPS) is 10.4. The first-order chi connectivity index (χ1) is 8.92. The molecular formula is C15H13N3. The maximum Gasteiger partial charge on any atom is 0.126 e. The molecule has 88 valence electrons. The van der Waals surface area contributed by atoms with Crippen molar-refractivity contribution < 1.29 is 0 Å². The lowest BCUT2D eigenvalue weighted by Gasteiger charge is -2.06. The molecule has 3 nitrogen and oxygen atoms in total. The topological polar surface area (TPSA) is 37.8 Å². The Labute approximate surface area is 106 Å². The molecule has 0 spiro atoms. The third kappa shape index (κ3) is 2.30. The van der Waals surface area contributed by atoms with Crippen LogP contribution in [0.3, 0.4) is 0 Å². The van der Waals surface area contributed by atoms with Crippen LogP contribution in [0.15, 0.2) is 60.9 Å². The zero-order valence-corrected chi connectivity index (χ0v) is 9.88. The fraction of sp³-hybridized carbons (Fsp3) is 0.0667. The molecule has 0 bridgehead atoms. The van der Waals surface area contributed by atoms with Crippen LogP contribution in [0.5, 0.6) is 0 Å². The Bertz CT molecular complexity index is 650. The lowest BCUT2D eigenvalue weighted by atomic mass is 10.2. The van der Waals surface area contributed by atoms with Crippen molar-refractivity contribution in [2.24, 2.45) is 0 Å². The summed E-state index contributed by atoms with van der Waals surface area (Å²) in [5.41, 5.74) is 2.21. The van der Waals surface area contributed by atoms with Crippen LogP contribution in [-0.2, 0) is 6.54 Å². The monoisotopic (exact) mass is 235 g/mol. The molecule has 3 rings (SSSR count). The van der Waals surface area contributed by atoms with Gasteiger partial charge in [0.25, 0.3) is 0 Å². The number of hydrogen-bond donors (Lipinski definition) is 1. The van der Waals surface area contributed by atoms with Gasteiger partial charge in [0.15, 0.2) is 0 Å². The molecule has 0 aliphatic rings. The van der Waals surface area contributed by atoms with E-state index in [1.165, 1.54) is 5.56 Å². The predicted octanol–water partition coefficient (Wildman–Crippen LogP) is 3.24. The summed E-state index contributed by atoms with van der Waals surface area (Å²) in [6, 6.07) is 16.2. The molecule has 3 aromatic rings. The average Bonchev–Trinajstić information content (AvgIpc) is 2.46. The Morgan fingerprint density at radius 1 is 0.889 bits per heavy atom. The smallest absolute Gasteiger partial charge is 0.126 e. The molecule has 0 aliphatic heterocycles. The van der Waals surface area contributed by atoms with Crippen molar-refractivity contribution >= 4 is 16.7 Å². The van der Waals surface area contributed by atoms with Gasteiger partial charge in [0.05, 0.1) is 5.52 Å². The van der Waals surface area contributed by atoms with E-state index in [-0.39, 0.29) is 0 Å². The first-order valence-electron chi connectivity index (χ1n) is 5.90. The lowest BCUT2D eigenvalue weighted by molar-refractivity contribution is 1.11. The van der Waals surface area contributed by atoms with Crippen LogP contribution in [0.4, 0.5) is 5.82 Å². The number of fused-ring (bicyclic) bond motifs is 1. The minimum absolute atomic E-state index is 0.758. The van der Waals surface area contributed by atoms with Crippen LogP contribution in [0, 0.1) is 0 Å². The Hall–Kier alpha value is -2.42. The molecule has 18 heavy (non-hydrogen) atoms. The molecule has 0 saturated heterocycles. The lowest BCUT2D eigenvalue weighted by Crippen LogP contribution is -2.01. The van der Waals surface area contributed by atoms with Gasteiger partial charge in [-0.25, -0.2) is 4.98 Å². The van der Waals surface area contributed by atoms with Crippen molar-refractivity contribution in [1.29, 1.82) is 0 Å². The van der Waals surface area contributed by atoms with Gasteiger partial charge in [-0.05, 0) is 35.9 Å². The second-order valence-electron chi connectivity index (χ2n) is 4.10. The molecule has 0 saturated carbocycles. The van der Waals surface area contributed by atoms with Gasteiger partial charge in [0.2, 0.25) is 0 Å². The minimum Gasteiger partial charge on any atom is -0.366 e. The van der Waals surface area contributed by atoms with Crippen molar-refractivity contribution in [3.63, 3.8) is 0 Å². The molecule has 1 aromatic carbocycles. The summed E-state index contributed by atoms with van der Waals surface area (Å²) in [4.78, 5) is 8.56. The highest BCUT2D eigenvalue weighted by Crippen LogP contribution is 2.14. The van der Waals surface area contributed by atoms with Crippen molar-refractivity contribution in [2.45, 2.75) is 6.54 Å². The summed E-state index contributed by atoms with van der Waals surface area (Å²) < 4.78 is 0. The van der Waals surface area contributed by atoms with Gasteiger partial charge >= 0.3 is 0 Å². The second kappa shape index (κ2) is 4.84. The fourth-order valence-corrected chi connectivity index (χ4v) is 1.86. The molecule has 0 amide bonds. The molecule has 0 atom stereocenters. The number of pyridine rings is 2. The first kappa shape index (κ1) is 10.7. The first-order valence-corrected chi connectivity index (χ1v) is 5.90. The number of para-hydroxylation sites is 1. The molecular weight excluding hydrogens is 222 g/mol. The van der Waals surface area contributed by atoms with Crippen LogP contribution in [-0.4, -0.2) is 9.97 Å². The Balaban J connectivity index is 1.79. The van der Waals surface area contributed by atoms with Crippen LogP contribution < -0.4 is 5.32 Å². The number of anilines is 1. The SMILES string of the molecule is c1ccc2nc(NCc3ccncc3)ccc2c1.